The normalized spacial score (nSPS) is 27.6. The van der Waals surface area contributed by atoms with Crippen molar-refractivity contribution in [2.75, 3.05) is 5.75 Å². The Balaban J connectivity index is 1.54. The Kier molecular flexibility index (Phi) is 7.28. The summed E-state index contributed by atoms with van der Waals surface area (Å²) >= 11 is 0. The molecule has 8 nitrogen and oxygen atoms in total. The number of carbonyl (C=O) groups is 2. The Morgan fingerprint density at radius 1 is 1.05 bits per heavy atom. The number of rotatable bonds is 7. The van der Waals surface area contributed by atoms with Crippen LogP contribution in [0.4, 0.5) is 4.79 Å². The number of nitrogens with one attached hydrogen (secondary N) is 1. The predicted octanol–water partition coefficient (Wildman–Crippen LogP) is 5.20. The van der Waals surface area contributed by atoms with E-state index in [9.17, 15) is 18.0 Å². The van der Waals surface area contributed by atoms with Gasteiger partial charge < -0.3 is 14.8 Å². The van der Waals surface area contributed by atoms with Gasteiger partial charge in [-0.2, -0.15) is 0 Å². The zero-order valence-corrected chi connectivity index (χ0v) is 24.7. The van der Waals surface area contributed by atoms with E-state index in [0.29, 0.717) is 17.9 Å². The molecule has 1 heterocycles. The lowest BCUT2D eigenvalue weighted by Gasteiger charge is -2.38. The first-order valence-electron chi connectivity index (χ1n) is 14.0. The summed E-state index contributed by atoms with van der Waals surface area (Å²) in [4.78, 5) is 27.6. The summed E-state index contributed by atoms with van der Waals surface area (Å²) in [6.45, 7) is 9.63. The fourth-order valence-corrected chi connectivity index (χ4v) is 9.76. The van der Waals surface area contributed by atoms with Gasteiger partial charge >= 0.3 is 6.09 Å². The number of fused-ring (bicyclic) bond motifs is 1. The average molecular weight is 569 g/mol. The molecule has 2 amide bonds. The van der Waals surface area contributed by atoms with E-state index in [4.69, 9.17) is 9.47 Å². The van der Waals surface area contributed by atoms with Gasteiger partial charge in [-0.3, -0.25) is 4.79 Å². The van der Waals surface area contributed by atoms with Crippen LogP contribution in [0.2, 0.25) is 0 Å². The minimum Gasteiger partial charge on any atom is -0.444 e. The third-order valence-corrected chi connectivity index (χ3v) is 11.2. The summed E-state index contributed by atoms with van der Waals surface area (Å²) in [5.41, 5.74) is 0.00492. The fourth-order valence-electron chi connectivity index (χ4n) is 7.20. The predicted molar refractivity (Wildman–Crippen MR) is 152 cm³/mol. The van der Waals surface area contributed by atoms with Gasteiger partial charge in [0, 0.05) is 5.41 Å². The van der Waals surface area contributed by atoms with Gasteiger partial charge in [-0.25, -0.2) is 17.5 Å². The highest BCUT2D eigenvalue weighted by atomic mass is 32.2. The lowest BCUT2D eigenvalue weighted by atomic mass is 9.69. The van der Waals surface area contributed by atoms with Crippen LogP contribution in [0.5, 0.6) is 0 Å². The quantitative estimate of drug-likeness (QED) is 0.492. The SMILES string of the molecule is CC(C)(C)OC(=O)N[C@@H](c1ccccc1)[C@@H](OCc1ccccc1)C(=O)N1[C@H]2C[C@@H]3CC[C@@]2(CS1(=O)=O)C3(C)C. The molecule has 0 unspecified atom stereocenters. The van der Waals surface area contributed by atoms with Crippen LogP contribution in [-0.2, 0) is 30.9 Å². The fraction of sp³-hybridized carbons (Fsp3) is 0.548. The second-order valence-corrected chi connectivity index (χ2v) is 14.9. The number of hydrogen-bond donors (Lipinski definition) is 1. The molecule has 9 heteroatoms. The van der Waals surface area contributed by atoms with E-state index in [2.05, 4.69) is 19.2 Å². The summed E-state index contributed by atoms with van der Waals surface area (Å²) in [5, 5.41) is 2.84. The molecule has 216 valence electrons. The van der Waals surface area contributed by atoms with Crippen molar-refractivity contribution in [2.24, 2.45) is 16.7 Å². The molecule has 2 aromatic rings. The summed E-state index contributed by atoms with van der Waals surface area (Å²) in [6, 6.07) is 17.0. The Morgan fingerprint density at radius 3 is 2.27 bits per heavy atom. The molecular weight excluding hydrogens is 528 g/mol. The van der Waals surface area contributed by atoms with Crippen LogP contribution < -0.4 is 5.32 Å². The minimum absolute atomic E-state index is 0.0409. The lowest BCUT2D eigenvalue weighted by Crippen LogP contribution is -2.52. The second-order valence-electron chi connectivity index (χ2n) is 13.0. The van der Waals surface area contributed by atoms with E-state index >= 15 is 0 Å². The van der Waals surface area contributed by atoms with Crippen molar-refractivity contribution in [3.05, 3.63) is 71.8 Å². The number of amides is 2. The molecule has 0 aromatic heterocycles. The van der Waals surface area contributed by atoms with E-state index in [1.54, 1.807) is 45.0 Å². The Labute approximate surface area is 237 Å². The highest BCUT2D eigenvalue weighted by Gasteiger charge is 2.72. The summed E-state index contributed by atoms with van der Waals surface area (Å²) < 4.78 is 40.5. The number of carbonyl (C=O) groups excluding carboxylic acids is 2. The van der Waals surface area contributed by atoms with Gasteiger partial charge in [0.1, 0.15) is 5.60 Å². The number of sulfonamides is 1. The molecule has 1 saturated heterocycles. The zero-order chi connectivity index (χ0) is 28.9. The standard InChI is InChI=1S/C31H40N2O6S/c1-29(2,3)39-28(35)32-25(22-14-10-7-11-15-22)26(38-19-21-12-8-6-9-13-21)27(34)33-24-18-23-16-17-31(24,30(23,4)5)20-40(33,36)37/h6-15,23-26H,16-20H2,1-5H3,(H,32,35)/t23-,24-,25-,26+,31-/m0/s1. The topological polar surface area (TPSA) is 102 Å². The molecule has 2 saturated carbocycles. The molecule has 2 aliphatic carbocycles. The van der Waals surface area contributed by atoms with Crippen LogP contribution in [0.3, 0.4) is 0 Å². The monoisotopic (exact) mass is 568 g/mol. The molecule has 40 heavy (non-hydrogen) atoms. The highest BCUT2D eigenvalue weighted by molar-refractivity contribution is 7.90. The van der Waals surface area contributed by atoms with Crippen molar-refractivity contribution in [1.29, 1.82) is 0 Å². The van der Waals surface area contributed by atoms with Crippen molar-refractivity contribution in [1.82, 2.24) is 9.62 Å². The molecule has 2 aromatic carbocycles. The van der Waals surface area contributed by atoms with Crippen LogP contribution in [0.25, 0.3) is 0 Å². The molecule has 5 atom stereocenters. The van der Waals surface area contributed by atoms with E-state index in [-0.39, 0.29) is 17.8 Å². The van der Waals surface area contributed by atoms with Crippen LogP contribution in [-0.4, -0.2) is 48.2 Å². The third-order valence-electron chi connectivity index (χ3n) is 9.28. The maximum atomic E-state index is 14.5. The van der Waals surface area contributed by atoms with Gasteiger partial charge in [0.05, 0.1) is 24.4 Å². The van der Waals surface area contributed by atoms with E-state index in [0.717, 1.165) is 22.7 Å². The Bertz CT molecular complexity index is 1360. The first kappa shape index (κ1) is 28.6. The maximum absolute atomic E-state index is 14.5. The molecular formula is C31H40N2O6S. The summed E-state index contributed by atoms with van der Waals surface area (Å²) in [6.07, 6.45) is 0.388. The van der Waals surface area contributed by atoms with Crippen molar-refractivity contribution in [2.45, 2.75) is 84.3 Å². The van der Waals surface area contributed by atoms with Gasteiger partial charge in [-0.15, -0.1) is 0 Å². The molecule has 0 radical (unpaired) electrons. The number of ether oxygens (including phenoxy) is 2. The lowest BCUT2D eigenvalue weighted by molar-refractivity contribution is -0.144. The van der Waals surface area contributed by atoms with Crippen LogP contribution >= 0.6 is 0 Å². The van der Waals surface area contributed by atoms with Gasteiger partial charge in [0.15, 0.2) is 6.10 Å². The van der Waals surface area contributed by atoms with Crippen LogP contribution in [0, 0.1) is 16.7 Å². The molecule has 2 bridgehead atoms. The maximum Gasteiger partial charge on any atom is 0.408 e. The summed E-state index contributed by atoms with van der Waals surface area (Å²) in [7, 11) is -3.90. The van der Waals surface area contributed by atoms with Gasteiger partial charge in [-0.05, 0) is 62.5 Å². The number of benzene rings is 2. The van der Waals surface area contributed by atoms with Crippen molar-refractivity contribution in [3.8, 4) is 0 Å². The number of hydrogen-bond acceptors (Lipinski definition) is 6. The van der Waals surface area contributed by atoms with Gasteiger partial charge in [-0.1, -0.05) is 74.5 Å². The van der Waals surface area contributed by atoms with Gasteiger partial charge in [0.2, 0.25) is 10.0 Å². The Hall–Kier alpha value is -2.91. The molecule has 1 aliphatic heterocycles. The number of alkyl carbamates (subject to hydrolysis) is 1. The molecule has 3 fully saturated rings. The largest absolute Gasteiger partial charge is 0.444 e. The minimum atomic E-state index is -3.90. The van der Waals surface area contributed by atoms with E-state index in [1.165, 1.54) is 0 Å². The van der Waals surface area contributed by atoms with E-state index < -0.39 is 51.2 Å². The highest BCUT2D eigenvalue weighted by Crippen LogP contribution is 2.70. The van der Waals surface area contributed by atoms with Crippen LogP contribution in [0.1, 0.15) is 71.0 Å². The van der Waals surface area contributed by atoms with Crippen molar-refractivity contribution < 1.29 is 27.5 Å². The second kappa shape index (κ2) is 10.2. The first-order valence-corrected chi connectivity index (χ1v) is 15.6. The first-order chi connectivity index (χ1) is 18.8. The molecule has 3 aliphatic rings. The molecule has 1 spiro atoms. The smallest absolute Gasteiger partial charge is 0.408 e. The van der Waals surface area contributed by atoms with Crippen LogP contribution in [0.15, 0.2) is 60.7 Å². The Morgan fingerprint density at radius 2 is 1.68 bits per heavy atom. The van der Waals surface area contributed by atoms with E-state index in [1.807, 2.05) is 36.4 Å². The summed E-state index contributed by atoms with van der Waals surface area (Å²) in [5.74, 6) is -0.330. The average Bonchev–Trinajstić information content (AvgIpc) is 3.36. The van der Waals surface area contributed by atoms with Crippen molar-refractivity contribution >= 4 is 22.0 Å². The third kappa shape index (κ3) is 5.02. The number of nitrogens with zero attached hydrogens (tertiary/aromatic N) is 1. The molecule has 1 N–H and O–H groups in total. The zero-order valence-electron chi connectivity index (χ0n) is 23.9. The van der Waals surface area contributed by atoms with Crippen molar-refractivity contribution in [3.63, 3.8) is 0 Å². The molecule has 5 rings (SSSR count). The van der Waals surface area contributed by atoms with Gasteiger partial charge in [0.25, 0.3) is 5.91 Å².